The van der Waals surface area contributed by atoms with Gasteiger partial charge in [-0.3, -0.25) is 0 Å². The van der Waals surface area contributed by atoms with Gasteiger partial charge >= 0.3 is 0 Å². The topological polar surface area (TPSA) is 59.5 Å². The molecule has 0 amide bonds. The quantitative estimate of drug-likeness (QED) is 0.870. The first kappa shape index (κ1) is 12.8. The van der Waals surface area contributed by atoms with Crippen LogP contribution in [0.2, 0.25) is 0 Å². The van der Waals surface area contributed by atoms with E-state index in [0.717, 1.165) is 24.4 Å². The highest BCUT2D eigenvalue weighted by Gasteiger charge is 2.10. The van der Waals surface area contributed by atoms with Crippen molar-refractivity contribution in [2.75, 3.05) is 18.5 Å². The summed E-state index contributed by atoms with van der Waals surface area (Å²) in [4.78, 5) is 6.68. The first-order chi connectivity index (χ1) is 8.58. The molecular weight excluding hydrogens is 226 g/mol. The van der Waals surface area contributed by atoms with Gasteiger partial charge in [0.05, 0.1) is 6.20 Å². The number of aromatic nitrogens is 3. The third kappa shape index (κ3) is 2.79. The SMILES string of the molecule is CC(C)C(N)CCN(C)c1ccn2nccc2n1. The molecule has 5 heteroatoms. The molecule has 2 rings (SSSR count). The smallest absolute Gasteiger partial charge is 0.157 e. The fourth-order valence-corrected chi connectivity index (χ4v) is 1.81. The van der Waals surface area contributed by atoms with E-state index in [0.29, 0.717) is 5.92 Å². The van der Waals surface area contributed by atoms with Crippen LogP contribution in [0.5, 0.6) is 0 Å². The van der Waals surface area contributed by atoms with Crippen molar-refractivity contribution in [3.05, 3.63) is 24.5 Å². The van der Waals surface area contributed by atoms with Crippen molar-refractivity contribution >= 4 is 11.5 Å². The van der Waals surface area contributed by atoms with Gasteiger partial charge in [0.25, 0.3) is 0 Å². The van der Waals surface area contributed by atoms with Crippen molar-refractivity contribution in [2.24, 2.45) is 11.7 Å². The summed E-state index contributed by atoms with van der Waals surface area (Å²) in [7, 11) is 2.04. The number of hydrogen-bond donors (Lipinski definition) is 1. The molecule has 18 heavy (non-hydrogen) atoms. The molecule has 0 saturated carbocycles. The minimum Gasteiger partial charge on any atom is -0.360 e. The van der Waals surface area contributed by atoms with Crippen LogP contribution in [0.4, 0.5) is 5.82 Å². The largest absolute Gasteiger partial charge is 0.360 e. The Bertz CT molecular complexity index is 505. The van der Waals surface area contributed by atoms with Crippen molar-refractivity contribution in [1.82, 2.24) is 14.6 Å². The fourth-order valence-electron chi connectivity index (χ4n) is 1.81. The Balaban J connectivity index is 2.01. The average Bonchev–Trinajstić information content (AvgIpc) is 2.82. The second-order valence-corrected chi connectivity index (χ2v) is 5.04. The molecule has 98 valence electrons. The number of nitrogens with two attached hydrogens (primary N) is 1. The monoisotopic (exact) mass is 247 g/mol. The highest BCUT2D eigenvalue weighted by molar-refractivity contribution is 5.46. The van der Waals surface area contributed by atoms with Gasteiger partial charge in [0.1, 0.15) is 5.82 Å². The lowest BCUT2D eigenvalue weighted by atomic mass is 10.0. The van der Waals surface area contributed by atoms with Crippen LogP contribution in [-0.4, -0.2) is 34.2 Å². The van der Waals surface area contributed by atoms with Crippen LogP contribution in [0, 0.1) is 5.92 Å². The van der Waals surface area contributed by atoms with Crippen LogP contribution in [0.1, 0.15) is 20.3 Å². The van der Waals surface area contributed by atoms with E-state index in [1.165, 1.54) is 0 Å². The fraction of sp³-hybridized carbons (Fsp3) is 0.538. The molecule has 5 nitrogen and oxygen atoms in total. The highest BCUT2D eigenvalue weighted by Crippen LogP contribution is 2.12. The molecule has 0 aliphatic carbocycles. The number of nitrogens with zero attached hydrogens (tertiary/aromatic N) is 4. The van der Waals surface area contributed by atoms with Crippen molar-refractivity contribution < 1.29 is 0 Å². The van der Waals surface area contributed by atoms with E-state index in [2.05, 4.69) is 28.8 Å². The summed E-state index contributed by atoms with van der Waals surface area (Å²) in [5, 5.41) is 4.13. The zero-order valence-corrected chi connectivity index (χ0v) is 11.2. The molecular formula is C13H21N5. The van der Waals surface area contributed by atoms with Crippen LogP contribution in [-0.2, 0) is 0 Å². The standard InChI is InChI=1S/C13H21N5/c1-10(2)11(14)5-8-17(3)12-6-9-18-13(16-12)4-7-15-18/h4,6-7,9-11H,5,8,14H2,1-3H3. The zero-order valence-electron chi connectivity index (χ0n) is 11.2. The Labute approximate surface area is 108 Å². The summed E-state index contributed by atoms with van der Waals surface area (Å²) in [6.45, 7) is 5.22. The number of rotatable bonds is 5. The Morgan fingerprint density at radius 2 is 2.17 bits per heavy atom. The summed E-state index contributed by atoms with van der Waals surface area (Å²) < 4.78 is 1.76. The lowest BCUT2D eigenvalue weighted by Gasteiger charge is -2.22. The average molecular weight is 247 g/mol. The van der Waals surface area contributed by atoms with Crippen LogP contribution < -0.4 is 10.6 Å². The molecule has 0 radical (unpaired) electrons. The van der Waals surface area contributed by atoms with Gasteiger partial charge < -0.3 is 10.6 Å². The molecule has 0 aromatic carbocycles. The Hall–Kier alpha value is -1.62. The Morgan fingerprint density at radius 3 is 2.89 bits per heavy atom. The zero-order chi connectivity index (χ0) is 13.1. The number of hydrogen-bond acceptors (Lipinski definition) is 4. The molecule has 0 fully saturated rings. The van der Waals surface area contributed by atoms with Gasteiger partial charge in [0.15, 0.2) is 5.65 Å². The first-order valence-electron chi connectivity index (χ1n) is 6.35. The van der Waals surface area contributed by atoms with E-state index in [1.807, 2.05) is 25.4 Å². The molecule has 0 bridgehead atoms. The van der Waals surface area contributed by atoms with Crippen LogP contribution >= 0.6 is 0 Å². The second kappa shape index (κ2) is 5.35. The molecule has 2 aromatic heterocycles. The predicted octanol–water partition coefficient (Wildman–Crippen LogP) is 1.54. The van der Waals surface area contributed by atoms with E-state index in [1.54, 1.807) is 10.7 Å². The van der Waals surface area contributed by atoms with E-state index in [4.69, 9.17) is 5.73 Å². The van der Waals surface area contributed by atoms with Gasteiger partial charge in [0.2, 0.25) is 0 Å². The molecule has 2 N–H and O–H groups in total. The molecule has 0 aliphatic heterocycles. The van der Waals surface area contributed by atoms with Crippen molar-refractivity contribution in [1.29, 1.82) is 0 Å². The van der Waals surface area contributed by atoms with Gasteiger partial charge in [-0.2, -0.15) is 5.10 Å². The maximum atomic E-state index is 6.06. The summed E-state index contributed by atoms with van der Waals surface area (Å²) in [5.41, 5.74) is 6.92. The molecule has 0 aliphatic rings. The van der Waals surface area contributed by atoms with E-state index < -0.39 is 0 Å². The molecule has 1 atom stereocenters. The van der Waals surface area contributed by atoms with Crippen molar-refractivity contribution in [2.45, 2.75) is 26.3 Å². The maximum absolute atomic E-state index is 6.06. The molecule has 1 unspecified atom stereocenters. The molecule has 2 aromatic rings. The first-order valence-corrected chi connectivity index (χ1v) is 6.35. The minimum absolute atomic E-state index is 0.242. The number of anilines is 1. The number of fused-ring (bicyclic) bond motifs is 1. The van der Waals surface area contributed by atoms with Crippen molar-refractivity contribution in [3.8, 4) is 0 Å². The summed E-state index contributed by atoms with van der Waals surface area (Å²) >= 11 is 0. The summed E-state index contributed by atoms with van der Waals surface area (Å²) in [5.74, 6) is 1.47. The van der Waals surface area contributed by atoms with E-state index in [-0.39, 0.29) is 6.04 Å². The van der Waals surface area contributed by atoms with Gasteiger partial charge in [-0.25, -0.2) is 9.50 Å². The molecule has 0 spiro atoms. The van der Waals surface area contributed by atoms with Gasteiger partial charge in [-0.05, 0) is 18.4 Å². The van der Waals surface area contributed by atoms with Crippen LogP contribution in [0.3, 0.4) is 0 Å². The maximum Gasteiger partial charge on any atom is 0.157 e. The Morgan fingerprint density at radius 1 is 1.39 bits per heavy atom. The van der Waals surface area contributed by atoms with Gasteiger partial charge in [-0.15, -0.1) is 0 Å². The van der Waals surface area contributed by atoms with E-state index in [9.17, 15) is 0 Å². The minimum atomic E-state index is 0.242. The van der Waals surface area contributed by atoms with E-state index >= 15 is 0 Å². The third-order valence-corrected chi connectivity index (χ3v) is 3.29. The summed E-state index contributed by atoms with van der Waals surface area (Å²) in [6, 6.07) is 4.11. The normalized spacial score (nSPS) is 13.2. The highest BCUT2D eigenvalue weighted by atomic mass is 15.3. The lowest BCUT2D eigenvalue weighted by molar-refractivity contribution is 0.465. The van der Waals surface area contributed by atoms with Crippen LogP contribution in [0.15, 0.2) is 24.5 Å². The second-order valence-electron chi connectivity index (χ2n) is 5.04. The predicted molar refractivity (Wildman–Crippen MR) is 73.7 cm³/mol. The molecule has 0 saturated heterocycles. The van der Waals surface area contributed by atoms with Crippen LogP contribution in [0.25, 0.3) is 5.65 Å². The third-order valence-electron chi connectivity index (χ3n) is 3.29. The molecule has 2 heterocycles. The lowest BCUT2D eigenvalue weighted by Crippen LogP contribution is -2.32. The van der Waals surface area contributed by atoms with Gasteiger partial charge in [-0.1, -0.05) is 13.8 Å². The Kier molecular flexibility index (Phi) is 3.81. The summed E-state index contributed by atoms with van der Waals surface area (Å²) in [6.07, 6.45) is 4.65. The van der Waals surface area contributed by atoms with Crippen molar-refractivity contribution in [3.63, 3.8) is 0 Å². The van der Waals surface area contributed by atoms with Gasteiger partial charge in [0, 0.05) is 31.9 Å².